The number of aryl methyl sites for hydroxylation is 1. The van der Waals surface area contributed by atoms with Crippen LogP contribution in [0.5, 0.6) is 0 Å². The number of aliphatic hydroxyl groups is 1. The molecule has 1 heterocycles. The summed E-state index contributed by atoms with van der Waals surface area (Å²) in [5, 5.41) is 14.2. The van der Waals surface area contributed by atoms with E-state index >= 15 is 0 Å². The number of nitrogens with zero attached hydrogens (tertiary/aromatic N) is 3. The minimum absolute atomic E-state index is 0.0931. The van der Waals surface area contributed by atoms with Crippen molar-refractivity contribution in [2.75, 3.05) is 24.6 Å². The number of amides is 2. The lowest BCUT2D eigenvalue weighted by Crippen LogP contribution is -2.26. The molecule has 0 aromatic heterocycles. The average Bonchev–Trinajstić information content (AvgIpc) is 2.90. The molecule has 0 bridgehead atoms. The highest BCUT2D eigenvalue weighted by Gasteiger charge is 2.35. The molecule has 0 atom stereocenters. The third kappa shape index (κ3) is 3.23. The summed E-state index contributed by atoms with van der Waals surface area (Å²) in [4.78, 5) is 26.7. The van der Waals surface area contributed by atoms with Crippen LogP contribution in [0.25, 0.3) is 0 Å². The molecule has 0 fully saturated rings. The lowest BCUT2D eigenvalue weighted by molar-refractivity contribution is 0.0660. The number of aliphatic hydroxyl groups excluding tert-OH is 1. The molecule has 1 aliphatic heterocycles. The van der Waals surface area contributed by atoms with Gasteiger partial charge >= 0.3 is 0 Å². The molecular formula is C20H21N3O3. The Bertz CT molecular complexity index is 841. The van der Waals surface area contributed by atoms with Gasteiger partial charge in [0.25, 0.3) is 11.8 Å². The summed E-state index contributed by atoms with van der Waals surface area (Å²) in [6.07, 6.45) is 1.53. The van der Waals surface area contributed by atoms with E-state index in [1.165, 1.54) is 6.21 Å². The van der Waals surface area contributed by atoms with Crippen LogP contribution in [0, 0.1) is 6.92 Å². The zero-order chi connectivity index (χ0) is 18.7. The number of benzene rings is 2. The number of hydrazone groups is 1. The number of hydrogen-bond acceptors (Lipinski definition) is 5. The highest BCUT2D eigenvalue weighted by Crippen LogP contribution is 2.23. The third-order valence-corrected chi connectivity index (χ3v) is 4.46. The normalized spacial score (nSPS) is 13.6. The zero-order valence-electron chi connectivity index (χ0n) is 14.8. The van der Waals surface area contributed by atoms with Crippen LogP contribution in [0.4, 0.5) is 5.69 Å². The molecule has 3 rings (SSSR count). The van der Waals surface area contributed by atoms with Gasteiger partial charge in [-0.1, -0.05) is 18.2 Å². The van der Waals surface area contributed by atoms with Gasteiger partial charge in [-0.05, 0) is 49.2 Å². The Labute approximate surface area is 152 Å². The number of likely N-dealkylation sites (N-methyl/N-ethyl adjacent to an activating group) is 1. The number of hydrogen-bond donors (Lipinski definition) is 1. The Morgan fingerprint density at radius 1 is 1.12 bits per heavy atom. The molecule has 1 N–H and O–H groups in total. The van der Waals surface area contributed by atoms with Crippen LogP contribution in [0.2, 0.25) is 0 Å². The predicted molar refractivity (Wildman–Crippen MR) is 101 cm³/mol. The molecule has 26 heavy (non-hydrogen) atoms. The van der Waals surface area contributed by atoms with Gasteiger partial charge in [0, 0.05) is 18.8 Å². The van der Waals surface area contributed by atoms with Crippen molar-refractivity contribution in [1.29, 1.82) is 0 Å². The van der Waals surface area contributed by atoms with Crippen LogP contribution in [0.1, 0.15) is 38.8 Å². The van der Waals surface area contributed by atoms with Crippen molar-refractivity contribution in [3.63, 3.8) is 0 Å². The van der Waals surface area contributed by atoms with Gasteiger partial charge in [0.05, 0.1) is 23.9 Å². The van der Waals surface area contributed by atoms with Crippen LogP contribution < -0.4 is 4.90 Å². The van der Waals surface area contributed by atoms with E-state index in [9.17, 15) is 9.59 Å². The van der Waals surface area contributed by atoms with Gasteiger partial charge in [0.2, 0.25) is 0 Å². The summed E-state index contributed by atoms with van der Waals surface area (Å²) in [5.74, 6) is -0.813. The standard InChI is InChI=1S/C20H21N3O3/c1-3-22(10-11-24)16-9-8-15(14(2)12-16)13-21-23-19(25)17-6-4-5-7-18(17)20(23)26/h4-9,12-13,24H,3,10-11H2,1-2H3/b21-13-. The SMILES string of the molecule is CCN(CCO)c1ccc(/C=N\N2C(=O)c3ccccc3C2=O)c(C)c1. The molecule has 1 aliphatic rings. The van der Waals surface area contributed by atoms with E-state index in [-0.39, 0.29) is 6.61 Å². The largest absolute Gasteiger partial charge is 0.395 e. The van der Waals surface area contributed by atoms with E-state index in [2.05, 4.69) is 10.0 Å². The molecule has 0 saturated carbocycles. The molecule has 2 aromatic rings. The first-order valence-electron chi connectivity index (χ1n) is 8.55. The number of imide groups is 1. The predicted octanol–water partition coefficient (Wildman–Crippen LogP) is 2.44. The van der Waals surface area contributed by atoms with Gasteiger partial charge < -0.3 is 10.0 Å². The van der Waals surface area contributed by atoms with E-state index < -0.39 is 11.8 Å². The number of carbonyl (C=O) groups is 2. The maximum atomic E-state index is 12.3. The fourth-order valence-corrected chi connectivity index (χ4v) is 2.99. The van der Waals surface area contributed by atoms with Crippen molar-refractivity contribution >= 4 is 23.7 Å². The highest BCUT2D eigenvalue weighted by molar-refractivity contribution is 6.21. The lowest BCUT2D eigenvalue weighted by atomic mass is 10.1. The Balaban J connectivity index is 1.81. The summed E-state index contributed by atoms with van der Waals surface area (Å²) in [7, 11) is 0. The Morgan fingerprint density at radius 2 is 1.77 bits per heavy atom. The van der Waals surface area contributed by atoms with Crippen molar-refractivity contribution in [3.05, 3.63) is 64.7 Å². The number of fused-ring (bicyclic) bond motifs is 1. The van der Waals surface area contributed by atoms with Gasteiger partial charge in [-0.15, -0.1) is 0 Å². The molecule has 0 saturated heterocycles. The molecule has 0 aliphatic carbocycles. The fourth-order valence-electron chi connectivity index (χ4n) is 2.99. The second-order valence-electron chi connectivity index (χ2n) is 6.06. The van der Waals surface area contributed by atoms with Crippen LogP contribution in [0.3, 0.4) is 0 Å². The van der Waals surface area contributed by atoms with Crippen molar-refractivity contribution in [2.45, 2.75) is 13.8 Å². The first kappa shape index (κ1) is 17.8. The zero-order valence-corrected chi connectivity index (χ0v) is 14.8. The minimum Gasteiger partial charge on any atom is -0.395 e. The van der Waals surface area contributed by atoms with Gasteiger partial charge in [-0.3, -0.25) is 9.59 Å². The third-order valence-electron chi connectivity index (χ3n) is 4.46. The number of carbonyl (C=O) groups excluding carboxylic acids is 2. The molecule has 6 nitrogen and oxygen atoms in total. The molecule has 0 radical (unpaired) electrons. The van der Waals surface area contributed by atoms with Gasteiger partial charge in [-0.2, -0.15) is 10.1 Å². The topological polar surface area (TPSA) is 73.2 Å². The number of anilines is 1. The summed E-state index contributed by atoms with van der Waals surface area (Å²) in [6.45, 7) is 5.43. The van der Waals surface area contributed by atoms with E-state index in [4.69, 9.17) is 5.11 Å². The van der Waals surface area contributed by atoms with E-state index in [1.807, 2.05) is 32.0 Å². The van der Waals surface area contributed by atoms with E-state index in [0.29, 0.717) is 17.7 Å². The van der Waals surface area contributed by atoms with Crippen molar-refractivity contribution in [1.82, 2.24) is 5.01 Å². The summed E-state index contributed by atoms with van der Waals surface area (Å²) < 4.78 is 0. The quantitative estimate of drug-likeness (QED) is 0.641. The Hall–Kier alpha value is -2.99. The van der Waals surface area contributed by atoms with Gasteiger partial charge in [-0.25, -0.2) is 0 Å². The molecule has 0 unspecified atom stereocenters. The van der Waals surface area contributed by atoms with Crippen LogP contribution in [-0.4, -0.2) is 47.8 Å². The molecule has 6 heteroatoms. The first-order valence-corrected chi connectivity index (χ1v) is 8.55. The lowest BCUT2D eigenvalue weighted by Gasteiger charge is -2.22. The van der Waals surface area contributed by atoms with Crippen LogP contribution in [0.15, 0.2) is 47.6 Å². The average molecular weight is 351 g/mol. The van der Waals surface area contributed by atoms with E-state index in [0.717, 1.165) is 28.4 Å². The van der Waals surface area contributed by atoms with Crippen molar-refractivity contribution in [3.8, 4) is 0 Å². The molecule has 2 amide bonds. The second-order valence-corrected chi connectivity index (χ2v) is 6.06. The van der Waals surface area contributed by atoms with Crippen molar-refractivity contribution in [2.24, 2.45) is 5.10 Å². The smallest absolute Gasteiger partial charge is 0.282 e. The molecule has 0 spiro atoms. The fraction of sp³-hybridized carbons (Fsp3) is 0.250. The summed E-state index contributed by atoms with van der Waals surface area (Å²) in [6, 6.07) is 12.6. The maximum Gasteiger partial charge on any atom is 0.282 e. The summed E-state index contributed by atoms with van der Waals surface area (Å²) >= 11 is 0. The summed E-state index contributed by atoms with van der Waals surface area (Å²) in [5.41, 5.74) is 3.56. The minimum atomic E-state index is -0.406. The monoisotopic (exact) mass is 351 g/mol. The van der Waals surface area contributed by atoms with Gasteiger partial charge in [0.15, 0.2) is 0 Å². The van der Waals surface area contributed by atoms with Gasteiger partial charge in [0.1, 0.15) is 0 Å². The van der Waals surface area contributed by atoms with Crippen LogP contribution in [-0.2, 0) is 0 Å². The van der Waals surface area contributed by atoms with Crippen LogP contribution >= 0.6 is 0 Å². The number of rotatable bonds is 6. The first-order chi connectivity index (χ1) is 12.6. The second kappa shape index (κ2) is 7.49. The highest BCUT2D eigenvalue weighted by atomic mass is 16.3. The van der Waals surface area contributed by atoms with E-state index in [1.54, 1.807) is 24.3 Å². The van der Waals surface area contributed by atoms with Crippen molar-refractivity contribution < 1.29 is 14.7 Å². The molecule has 2 aromatic carbocycles. The molecular weight excluding hydrogens is 330 g/mol. The molecule has 134 valence electrons. The maximum absolute atomic E-state index is 12.3. The Kier molecular flexibility index (Phi) is 5.14. The Morgan fingerprint density at radius 3 is 2.31 bits per heavy atom.